The highest BCUT2D eigenvalue weighted by Gasteiger charge is 2.41. The number of rotatable bonds is 1. The maximum atomic E-state index is 6.50. The van der Waals surface area contributed by atoms with Gasteiger partial charge in [-0.1, -0.05) is 74.5 Å². The molecule has 0 spiro atoms. The molecule has 4 aromatic rings. The lowest BCUT2D eigenvalue weighted by atomic mass is 9.69. The van der Waals surface area contributed by atoms with Crippen LogP contribution in [0.15, 0.2) is 95.2 Å². The van der Waals surface area contributed by atoms with Crippen LogP contribution in [-0.2, 0) is 5.41 Å². The molecule has 35 heavy (non-hydrogen) atoms. The lowest BCUT2D eigenvalue weighted by Crippen LogP contribution is -2.31. The number of fused-ring (bicyclic) bond motifs is 8. The number of aromatic amines is 1. The number of para-hydroxylation sites is 2. The SMILES string of the molecule is CC1(C)C2=c3ccccc3=CC2=Cc2c(-c3cccc4c3oc3ccccc34)c3cc[nH]cc-3c21. The lowest BCUT2D eigenvalue weighted by Gasteiger charge is -2.33. The average Bonchev–Trinajstić information content (AvgIpc) is 3.53. The molecule has 0 atom stereocenters. The fourth-order valence-electron chi connectivity index (χ4n) is 6.66. The minimum absolute atomic E-state index is 0.143. The highest BCUT2D eigenvalue weighted by molar-refractivity contribution is 6.14. The van der Waals surface area contributed by atoms with E-state index in [1.165, 1.54) is 54.8 Å². The van der Waals surface area contributed by atoms with E-state index in [0.29, 0.717) is 0 Å². The van der Waals surface area contributed by atoms with Crippen molar-refractivity contribution in [2.75, 3.05) is 0 Å². The molecular formula is C33H23NO. The molecule has 1 aliphatic heterocycles. The summed E-state index contributed by atoms with van der Waals surface area (Å²) in [6.07, 6.45) is 8.96. The summed E-state index contributed by atoms with van der Waals surface area (Å²) in [4.78, 5) is 3.36. The van der Waals surface area contributed by atoms with Gasteiger partial charge < -0.3 is 9.40 Å². The molecule has 0 radical (unpaired) electrons. The van der Waals surface area contributed by atoms with E-state index in [-0.39, 0.29) is 5.41 Å². The van der Waals surface area contributed by atoms with E-state index in [1.807, 2.05) is 12.3 Å². The molecule has 0 fully saturated rings. The van der Waals surface area contributed by atoms with Crippen LogP contribution in [-0.4, -0.2) is 4.98 Å². The molecule has 0 bridgehead atoms. The number of furan rings is 1. The number of pyridine rings is 1. The van der Waals surface area contributed by atoms with Crippen LogP contribution >= 0.6 is 0 Å². The minimum atomic E-state index is -0.143. The summed E-state index contributed by atoms with van der Waals surface area (Å²) < 4.78 is 6.50. The van der Waals surface area contributed by atoms with Gasteiger partial charge in [-0.15, -0.1) is 0 Å². The van der Waals surface area contributed by atoms with Crippen LogP contribution in [0.4, 0.5) is 0 Å². The Morgan fingerprint density at radius 1 is 0.743 bits per heavy atom. The molecule has 8 rings (SSSR count). The van der Waals surface area contributed by atoms with E-state index in [9.17, 15) is 0 Å². The first-order valence-corrected chi connectivity index (χ1v) is 12.2. The van der Waals surface area contributed by atoms with Gasteiger partial charge >= 0.3 is 0 Å². The van der Waals surface area contributed by atoms with E-state index < -0.39 is 0 Å². The molecule has 0 unspecified atom stereocenters. The largest absolute Gasteiger partial charge is 0.455 e. The molecule has 2 heteroatoms. The first-order chi connectivity index (χ1) is 17.1. The second-order valence-corrected chi connectivity index (χ2v) is 10.2. The molecule has 0 amide bonds. The Morgan fingerprint density at radius 3 is 2.51 bits per heavy atom. The van der Waals surface area contributed by atoms with Gasteiger partial charge in [0.2, 0.25) is 0 Å². The fourth-order valence-corrected chi connectivity index (χ4v) is 6.66. The minimum Gasteiger partial charge on any atom is -0.455 e. The van der Waals surface area contributed by atoms with Gasteiger partial charge in [0.05, 0.1) is 0 Å². The second-order valence-electron chi connectivity index (χ2n) is 10.2. The Labute approximate surface area is 202 Å². The summed E-state index contributed by atoms with van der Waals surface area (Å²) in [5.74, 6) is 0. The number of hydrogen-bond donors (Lipinski definition) is 1. The van der Waals surface area contributed by atoms with Crippen molar-refractivity contribution >= 4 is 39.7 Å². The van der Waals surface area contributed by atoms with Crippen molar-refractivity contribution in [1.29, 1.82) is 0 Å². The standard InChI is InChI=1S/C33H23NO/c1-33(2)30-20(16-19-8-3-4-9-21(19)30)17-26-29(23-14-15-34-18-27(23)31(26)33)25-12-7-11-24-22-10-5-6-13-28(22)35-32(24)25/h3-18,34H,1-2H3. The maximum absolute atomic E-state index is 6.50. The topological polar surface area (TPSA) is 28.9 Å². The summed E-state index contributed by atoms with van der Waals surface area (Å²) >= 11 is 0. The van der Waals surface area contributed by atoms with Crippen molar-refractivity contribution in [3.8, 4) is 22.3 Å². The smallest absolute Gasteiger partial charge is 0.143 e. The van der Waals surface area contributed by atoms with Crippen LogP contribution < -0.4 is 10.4 Å². The Morgan fingerprint density at radius 2 is 1.57 bits per heavy atom. The third kappa shape index (κ3) is 2.34. The molecule has 0 saturated heterocycles. The molecule has 2 nitrogen and oxygen atoms in total. The zero-order valence-electron chi connectivity index (χ0n) is 19.6. The highest BCUT2D eigenvalue weighted by Crippen LogP contribution is 2.56. The number of nitrogens with one attached hydrogen (secondary N) is 1. The molecule has 4 aliphatic rings. The molecule has 0 saturated carbocycles. The van der Waals surface area contributed by atoms with E-state index >= 15 is 0 Å². The fraction of sp³-hybridized carbons (Fsp3) is 0.0909. The van der Waals surface area contributed by atoms with Crippen molar-refractivity contribution in [3.63, 3.8) is 0 Å². The van der Waals surface area contributed by atoms with Gasteiger partial charge in [0.15, 0.2) is 0 Å². The highest BCUT2D eigenvalue weighted by atomic mass is 16.3. The summed E-state index contributed by atoms with van der Waals surface area (Å²) in [7, 11) is 0. The van der Waals surface area contributed by atoms with Crippen molar-refractivity contribution in [1.82, 2.24) is 4.98 Å². The van der Waals surface area contributed by atoms with Crippen molar-refractivity contribution in [2.24, 2.45) is 0 Å². The van der Waals surface area contributed by atoms with E-state index in [0.717, 1.165) is 22.1 Å². The molecular weight excluding hydrogens is 426 g/mol. The van der Waals surface area contributed by atoms with E-state index in [1.54, 1.807) is 0 Å². The Kier molecular flexibility index (Phi) is 3.50. The van der Waals surface area contributed by atoms with Gasteiger partial charge in [-0.2, -0.15) is 0 Å². The van der Waals surface area contributed by atoms with Gasteiger partial charge in [0.1, 0.15) is 11.2 Å². The number of hydrogen-bond acceptors (Lipinski definition) is 1. The Hall–Kier alpha value is -4.30. The molecule has 2 heterocycles. The predicted octanol–water partition coefficient (Wildman–Crippen LogP) is 7.01. The van der Waals surface area contributed by atoms with Crippen molar-refractivity contribution in [3.05, 3.63) is 112 Å². The Bertz CT molecular complexity index is 1980. The molecule has 1 N–H and O–H groups in total. The third-order valence-electron chi connectivity index (χ3n) is 7.99. The maximum Gasteiger partial charge on any atom is 0.143 e. The van der Waals surface area contributed by atoms with E-state index in [4.69, 9.17) is 4.42 Å². The predicted molar refractivity (Wildman–Crippen MR) is 145 cm³/mol. The summed E-state index contributed by atoms with van der Waals surface area (Å²) in [6.45, 7) is 4.75. The number of aromatic nitrogens is 1. The number of benzene rings is 3. The second kappa shape index (κ2) is 6.43. The number of H-pyrrole nitrogens is 1. The van der Waals surface area contributed by atoms with Crippen LogP contribution in [0.3, 0.4) is 0 Å². The van der Waals surface area contributed by atoms with Crippen molar-refractivity contribution < 1.29 is 4.42 Å². The average molecular weight is 450 g/mol. The van der Waals surface area contributed by atoms with Crippen molar-refractivity contribution in [2.45, 2.75) is 19.3 Å². The summed E-state index contributed by atoms with van der Waals surface area (Å²) in [5.41, 5.74) is 12.1. The first-order valence-electron chi connectivity index (χ1n) is 12.2. The van der Waals surface area contributed by atoms with Crippen LogP contribution in [0.25, 0.3) is 61.9 Å². The van der Waals surface area contributed by atoms with Crippen LogP contribution in [0.5, 0.6) is 0 Å². The molecule has 3 aromatic carbocycles. The molecule has 166 valence electrons. The van der Waals surface area contributed by atoms with Gasteiger partial charge in [-0.25, -0.2) is 0 Å². The zero-order valence-corrected chi connectivity index (χ0v) is 19.6. The first kappa shape index (κ1) is 19.1. The molecule has 1 aromatic heterocycles. The third-order valence-corrected chi connectivity index (χ3v) is 7.99. The van der Waals surface area contributed by atoms with Crippen LogP contribution in [0, 0.1) is 0 Å². The normalized spacial score (nSPS) is 15.7. The van der Waals surface area contributed by atoms with Gasteiger partial charge in [-0.05, 0) is 62.6 Å². The lowest BCUT2D eigenvalue weighted by molar-refractivity contribution is 0.670. The van der Waals surface area contributed by atoms with Crippen LogP contribution in [0.2, 0.25) is 0 Å². The van der Waals surface area contributed by atoms with Gasteiger partial charge in [0, 0.05) is 45.3 Å². The summed E-state index contributed by atoms with van der Waals surface area (Å²) in [5, 5.41) is 4.99. The molecule has 3 aliphatic carbocycles. The quantitative estimate of drug-likeness (QED) is 0.287. The number of allylic oxidation sites excluding steroid dienone is 1. The van der Waals surface area contributed by atoms with E-state index in [2.05, 4.69) is 104 Å². The summed E-state index contributed by atoms with van der Waals surface area (Å²) in [6, 6.07) is 25.9. The Balaban J connectivity index is 1.53. The zero-order chi connectivity index (χ0) is 23.3. The van der Waals surface area contributed by atoms with Gasteiger partial charge in [-0.3, -0.25) is 0 Å². The van der Waals surface area contributed by atoms with Crippen LogP contribution in [0.1, 0.15) is 25.0 Å². The monoisotopic (exact) mass is 449 g/mol. The van der Waals surface area contributed by atoms with Gasteiger partial charge in [0.25, 0.3) is 0 Å².